The first-order valence-corrected chi connectivity index (χ1v) is 4.66. The van der Waals surface area contributed by atoms with E-state index in [4.69, 9.17) is 0 Å². The highest BCUT2D eigenvalue weighted by Crippen LogP contribution is 2.14. The van der Waals surface area contributed by atoms with Gasteiger partial charge >= 0.3 is 0 Å². The number of aromatic nitrogens is 4. The molecule has 2 aromatic heterocycles. The van der Waals surface area contributed by atoms with Crippen LogP contribution in [0, 0.1) is 5.82 Å². The van der Waals surface area contributed by atoms with Crippen molar-refractivity contribution in [1.82, 2.24) is 19.7 Å². The Kier molecular flexibility index (Phi) is 2.67. The van der Waals surface area contributed by atoms with E-state index in [-0.39, 0.29) is 5.82 Å². The molecule has 0 fully saturated rings. The number of aryl methyl sites for hydroxylation is 1. The van der Waals surface area contributed by atoms with E-state index >= 15 is 0 Å². The molecular weight excluding hydrogens is 211 g/mol. The monoisotopic (exact) mass is 222 g/mol. The first kappa shape index (κ1) is 10.3. The molecule has 0 saturated carbocycles. The first-order valence-electron chi connectivity index (χ1n) is 4.66. The summed E-state index contributed by atoms with van der Waals surface area (Å²) in [4.78, 5) is 7.78. The van der Waals surface area contributed by atoms with E-state index in [2.05, 4.69) is 25.7 Å². The zero-order valence-corrected chi connectivity index (χ0v) is 8.90. The standard InChI is InChI=1S/C9H11FN6/c1-11-8-6(10)5-12-9(15-8)14-7-3-4-13-16(7)2/h3-5H,1-2H3,(H2,11,12,14,15). The van der Waals surface area contributed by atoms with E-state index in [0.29, 0.717) is 5.95 Å². The third kappa shape index (κ3) is 1.92. The fraction of sp³-hybridized carbons (Fsp3) is 0.222. The maximum Gasteiger partial charge on any atom is 0.230 e. The summed E-state index contributed by atoms with van der Waals surface area (Å²) in [6, 6.07) is 1.77. The molecule has 2 heterocycles. The molecule has 0 aliphatic rings. The molecule has 0 radical (unpaired) electrons. The van der Waals surface area contributed by atoms with Gasteiger partial charge in [-0.1, -0.05) is 0 Å². The maximum atomic E-state index is 13.1. The Hall–Kier alpha value is -2.18. The van der Waals surface area contributed by atoms with Crippen LogP contribution in [0.1, 0.15) is 0 Å². The summed E-state index contributed by atoms with van der Waals surface area (Å²) < 4.78 is 14.7. The number of halogens is 1. The van der Waals surface area contributed by atoms with Crippen LogP contribution in [-0.2, 0) is 7.05 Å². The number of hydrogen-bond donors (Lipinski definition) is 2. The molecule has 2 rings (SSSR count). The minimum Gasteiger partial charge on any atom is -0.371 e. The molecule has 0 aromatic carbocycles. The van der Waals surface area contributed by atoms with Gasteiger partial charge in [-0.25, -0.2) is 9.37 Å². The van der Waals surface area contributed by atoms with Crippen molar-refractivity contribution < 1.29 is 4.39 Å². The van der Waals surface area contributed by atoms with Crippen molar-refractivity contribution in [2.24, 2.45) is 7.05 Å². The summed E-state index contributed by atoms with van der Waals surface area (Å²) in [7, 11) is 3.38. The predicted molar refractivity (Wildman–Crippen MR) is 58.0 cm³/mol. The van der Waals surface area contributed by atoms with Crippen molar-refractivity contribution in [2.45, 2.75) is 0 Å². The lowest BCUT2D eigenvalue weighted by Gasteiger charge is -2.06. The second kappa shape index (κ2) is 4.13. The Balaban J connectivity index is 2.25. The SMILES string of the molecule is CNc1nc(Nc2ccnn2C)ncc1F. The van der Waals surface area contributed by atoms with Gasteiger partial charge < -0.3 is 10.6 Å². The molecule has 84 valence electrons. The minimum atomic E-state index is -0.488. The van der Waals surface area contributed by atoms with Crippen LogP contribution in [0.5, 0.6) is 0 Å². The van der Waals surface area contributed by atoms with Crippen LogP contribution in [0.25, 0.3) is 0 Å². The van der Waals surface area contributed by atoms with Crippen LogP contribution in [0.2, 0.25) is 0 Å². The van der Waals surface area contributed by atoms with Crippen LogP contribution >= 0.6 is 0 Å². The normalized spacial score (nSPS) is 10.2. The predicted octanol–water partition coefficient (Wildman–Crippen LogP) is 1.13. The van der Waals surface area contributed by atoms with Crippen LogP contribution < -0.4 is 10.6 Å². The number of hydrogen-bond acceptors (Lipinski definition) is 5. The van der Waals surface area contributed by atoms with Crippen molar-refractivity contribution in [3.63, 3.8) is 0 Å². The fourth-order valence-electron chi connectivity index (χ4n) is 1.21. The van der Waals surface area contributed by atoms with Gasteiger partial charge in [0.1, 0.15) is 5.82 Å². The van der Waals surface area contributed by atoms with Crippen molar-refractivity contribution in [2.75, 3.05) is 17.7 Å². The molecule has 6 nitrogen and oxygen atoms in total. The second-order valence-electron chi connectivity index (χ2n) is 3.11. The molecule has 0 atom stereocenters. The molecule has 0 aliphatic carbocycles. The van der Waals surface area contributed by atoms with Gasteiger partial charge in [-0.2, -0.15) is 10.1 Å². The third-order valence-corrected chi connectivity index (χ3v) is 2.04. The molecule has 16 heavy (non-hydrogen) atoms. The highest BCUT2D eigenvalue weighted by molar-refractivity contribution is 5.50. The Morgan fingerprint density at radius 2 is 2.25 bits per heavy atom. The molecule has 0 aliphatic heterocycles. The van der Waals surface area contributed by atoms with Gasteiger partial charge in [0.15, 0.2) is 11.6 Å². The molecule has 0 saturated heterocycles. The summed E-state index contributed by atoms with van der Waals surface area (Å²) in [6.45, 7) is 0. The van der Waals surface area contributed by atoms with E-state index in [1.54, 1.807) is 31.0 Å². The smallest absolute Gasteiger partial charge is 0.230 e. The summed E-state index contributed by atoms with van der Waals surface area (Å²) in [5.74, 6) is 0.709. The van der Waals surface area contributed by atoms with Gasteiger partial charge in [-0.05, 0) is 0 Å². The van der Waals surface area contributed by atoms with Gasteiger partial charge in [0, 0.05) is 20.2 Å². The fourth-order valence-corrected chi connectivity index (χ4v) is 1.21. The topological polar surface area (TPSA) is 67.7 Å². The Morgan fingerprint density at radius 3 is 2.88 bits per heavy atom. The van der Waals surface area contributed by atoms with Gasteiger partial charge in [0.2, 0.25) is 5.95 Å². The minimum absolute atomic E-state index is 0.152. The largest absolute Gasteiger partial charge is 0.371 e. The maximum absolute atomic E-state index is 13.1. The summed E-state index contributed by atoms with van der Waals surface area (Å²) in [5.41, 5.74) is 0. The van der Waals surface area contributed by atoms with Crippen LogP contribution in [0.3, 0.4) is 0 Å². The summed E-state index contributed by atoms with van der Waals surface area (Å²) in [6.07, 6.45) is 2.75. The number of anilines is 3. The molecule has 7 heteroatoms. The Bertz CT molecular complexity index is 494. The highest BCUT2D eigenvalue weighted by Gasteiger charge is 2.06. The highest BCUT2D eigenvalue weighted by atomic mass is 19.1. The van der Waals surface area contributed by atoms with Crippen molar-refractivity contribution in [3.8, 4) is 0 Å². The zero-order chi connectivity index (χ0) is 11.5. The lowest BCUT2D eigenvalue weighted by Crippen LogP contribution is -2.05. The van der Waals surface area contributed by atoms with E-state index < -0.39 is 5.82 Å². The van der Waals surface area contributed by atoms with E-state index in [1.165, 1.54) is 0 Å². The molecule has 2 N–H and O–H groups in total. The second-order valence-corrected chi connectivity index (χ2v) is 3.11. The van der Waals surface area contributed by atoms with E-state index in [9.17, 15) is 4.39 Å². The van der Waals surface area contributed by atoms with E-state index in [0.717, 1.165) is 12.0 Å². The van der Waals surface area contributed by atoms with Crippen molar-refractivity contribution in [3.05, 3.63) is 24.3 Å². The quantitative estimate of drug-likeness (QED) is 0.815. The van der Waals surface area contributed by atoms with Gasteiger partial charge in [0.05, 0.1) is 12.4 Å². The summed E-state index contributed by atoms with van der Waals surface area (Å²) >= 11 is 0. The van der Waals surface area contributed by atoms with Gasteiger partial charge in [0.25, 0.3) is 0 Å². The number of nitrogens with zero attached hydrogens (tertiary/aromatic N) is 4. The molecule has 0 spiro atoms. The average molecular weight is 222 g/mol. The van der Waals surface area contributed by atoms with Crippen LogP contribution in [0.4, 0.5) is 22.0 Å². The number of rotatable bonds is 3. The first-order chi connectivity index (χ1) is 7.70. The Morgan fingerprint density at radius 1 is 1.44 bits per heavy atom. The summed E-state index contributed by atoms with van der Waals surface area (Å²) in [5, 5.41) is 9.55. The lowest BCUT2D eigenvalue weighted by molar-refractivity contribution is 0.619. The van der Waals surface area contributed by atoms with E-state index in [1.807, 2.05) is 0 Å². The van der Waals surface area contributed by atoms with Crippen LogP contribution in [-0.4, -0.2) is 26.8 Å². The molecule has 0 amide bonds. The van der Waals surface area contributed by atoms with Gasteiger partial charge in [-0.15, -0.1) is 0 Å². The molecule has 0 unspecified atom stereocenters. The number of nitrogens with one attached hydrogen (secondary N) is 2. The van der Waals surface area contributed by atoms with Crippen molar-refractivity contribution >= 4 is 17.6 Å². The van der Waals surface area contributed by atoms with Crippen molar-refractivity contribution in [1.29, 1.82) is 0 Å². The Labute approximate surface area is 91.5 Å². The van der Waals surface area contributed by atoms with Gasteiger partial charge in [-0.3, -0.25) is 4.68 Å². The molecule has 0 bridgehead atoms. The molecule has 2 aromatic rings. The lowest BCUT2D eigenvalue weighted by atomic mass is 10.5. The molecular formula is C9H11FN6. The van der Waals surface area contributed by atoms with Crippen LogP contribution in [0.15, 0.2) is 18.5 Å². The zero-order valence-electron chi connectivity index (χ0n) is 8.90. The average Bonchev–Trinajstić information content (AvgIpc) is 2.67. The third-order valence-electron chi connectivity index (χ3n) is 2.04.